The van der Waals surface area contributed by atoms with E-state index in [4.69, 9.17) is 4.74 Å². The second-order valence-electron chi connectivity index (χ2n) is 4.87. The molecular weight excluding hydrogens is 273 g/mol. The van der Waals surface area contributed by atoms with Crippen LogP contribution in [0.2, 0.25) is 0 Å². The summed E-state index contributed by atoms with van der Waals surface area (Å²) >= 11 is 0. The molecule has 0 spiro atoms. The maximum Gasteiger partial charge on any atom is 0.416 e. The van der Waals surface area contributed by atoms with Crippen molar-refractivity contribution < 1.29 is 17.9 Å². The number of aromatic amines is 1. The lowest BCUT2D eigenvalue weighted by molar-refractivity contribution is -0.137. The van der Waals surface area contributed by atoms with Crippen LogP contribution in [0.15, 0.2) is 23.0 Å². The Labute approximate surface area is 112 Å². The van der Waals surface area contributed by atoms with Crippen LogP contribution in [-0.2, 0) is 10.9 Å². The van der Waals surface area contributed by atoms with Gasteiger partial charge in [-0.3, -0.25) is 4.57 Å². The number of hydrogen-bond acceptors (Lipinski definition) is 2. The normalized spacial score (nSPS) is 17.8. The molecule has 0 bridgehead atoms. The summed E-state index contributed by atoms with van der Waals surface area (Å²) in [7, 11) is 0. The molecule has 1 aromatic heterocycles. The van der Waals surface area contributed by atoms with E-state index in [9.17, 15) is 18.0 Å². The molecule has 0 amide bonds. The molecule has 1 fully saturated rings. The third kappa shape index (κ3) is 2.22. The highest BCUT2D eigenvalue weighted by atomic mass is 19.4. The summed E-state index contributed by atoms with van der Waals surface area (Å²) in [4.78, 5) is 14.5. The lowest BCUT2D eigenvalue weighted by Gasteiger charge is -2.23. The van der Waals surface area contributed by atoms with Crippen molar-refractivity contribution in [2.75, 3.05) is 13.2 Å². The van der Waals surface area contributed by atoms with Gasteiger partial charge in [-0.05, 0) is 31.0 Å². The summed E-state index contributed by atoms with van der Waals surface area (Å²) in [5.41, 5.74) is -0.400. The van der Waals surface area contributed by atoms with Crippen molar-refractivity contribution in [1.82, 2.24) is 9.55 Å². The van der Waals surface area contributed by atoms with E-state index in [1.54, 1.807) is 0 Å². The number of nitrogens with one attached hydrogen (secondary N) is 1. The molecule has 1 saturated heterocycles. The Morgan fingerprint density at radius 3 is 2.60 bits per heavy atom. The topological polar surface area (TPSA) is 47.0 Å². The van der Waals surface area contributed by atoms with E-state index in [-0.39, 0.29) is 17.2 Å². The van der Waals surface area contributed by atoms with Gasteiger partial charge in [0.05, 0.1) is 16.6 Å². The smallest absolute Gasteiger partial charge is 0.381 e. The van der Waals surface area contributed by atoms with Crippen molar-refractivity contribution in [2.45, 2.75) is 25.1 Å². The minimum Gasteiger partial charge on any atom is -0.381 e. The summed E-state index contributed by atoms with van der Waals surface area (Å²) in [6.07, 6.45) is -3.03. The van der Waals surface area contributed by atoms with Gasteiger partial charge in [0, 0.05) is 19.3 Å². The van der Waals surface area contributed by atoms with Crippen molar-refractivity contribution in [2.24, 2.45) is 0 Å². The minimum absolute atomic E-state index is 0.0262. The quantitative estimate of drug-likeness (QED) is 0.876. The monoisotopic (exact) mass is 286 g/mol. The van der Waals surface area contributed by atoms with Crippen LogP contribution in [-0.4, -0.2) is 22.8 Å². The number of benzene rings is 1. The van der Waals surface area contributed by atoms with Gasteiger partial charge in [0.25, 0.3) is 0 Å². The predicted molar refractivity (Wildman–Crippen MR) is 66.7 cm³/mol. The molecule has 0 unspecified atom stereocenters. The van der Waals surface area contributed by atoms with Gasteiger partial charge < -0.3 is 9.72 Å². The van der Waals surface area contributed by atoms with Crippen LogP contribution in [0.1, 0.15) is 24.4 Å². The molecule has 7 heteroatoms. The average molecular weight is 286 g/mol. The van der Waals surface area contributed by atoms with Crippen LogP contribution in [0.4, 0.5) is 13.2 Å². The molecule has 0 aliphatic carbocycles. The van der Waals surface area contributed by atoms with Gasteiger partial charge in [-0.15, -0.1) is 0 Å². The van der Waals surface area contributed by atoms with Crippen LogP contribution >= 0.6 is 0 Å². The van der Waals surface area contributed by atoms with Gasteiger partial charge in [0.15, 0.2) is 0 Å². The van der Waals surface area contributed by atoms with Crippen LogP contribution in [0, 0.1) is 0 Å². The Bertz CT molecular complexity index is 681. The molecule has 1 aromatic carbocycles. The van der Waals surface area contributed by atoms with E-state index in [0.29, 0.717) is 31.6 Å². The molecule has 0 atom stereocenters. The number of H-pyrrole nitrogens is 1. The fourth-order valence-electron chi connectivity index (χ4n) is 2.61. The highest BCUT2D eigenvalue weighted by Crippen LogP contribution is 2.31. The molecule has 0 radical (unpaired) electrons. The van der Waals surface area contributed by atoms with Crippen molar-refractivity contribution in [3.8, 4) is 0 Å². The molecule has 1 aliphatic heterocycles. The van der Waals surface area contributed by atoms with E-state index in [1.165, 1.54) is 10.6 Å². The van der Waals surface area contributed by atoms with Crippen molar-refractivity contribution in [1.29, 1.82) is 0 Å². The standard InChI is InChI=1S/C13H13F3N2O2/c14-13(15,16)8-1-2-11-10(7-8)17-12(19)18(11)9-3-5-20-6-4-9/h1-2,7,9H,3-6H2,(H,17,19). The first kappa shape index (κ1) is 13.2. The zero-order valence-corrected chi connectivity index (χ0v) is 10.5. The van der Waals surface area contributed by atoms with Crippen LogP contribution in [0.3, 0.4) is 0 Å². The maximum absolute atomic E-state index is 12.7. The summed E-state index contributed by atoms with van der Waals surface area (Å²) in [5.74, 6) is 0. The summed E-state index contributed by atoms with van der Waals surface area (Å²) < 4.78 is 44.8. The molecule has 3 rings (SSSR count). The number of fused-ring (bicyclic) bond motifs is 1. The number of rotatable bonds is 1. The molecule has 4 nitrogen and oxygen atoms in total. The molecule has 2 aromatic rings. The van der Waals surface area contributed by atoms with Gasteiger partial charge >= 0.3 is 11.9 Å². The van der Waals surface area contributed by atoms with Crippen LogP contribution in [0.5, 0.6) is 0 Å². The van der Waals surface area contributed by atoms with Gasteiger partial charge in [-0.2, -0.15) is 13.2 Å². The number of aromatic nitrogens is 2. The van der Waals surface area contributed by atoms with Crippen LogP contribution < -0.4 is 5.69 Å². The minimum atomic E-state index is -4.41. The lowest BCUT2D eigenvalue weighted by Crippen LogP contribution is -2.27. The fourth-order valence-corrected chi connectivity index (χ4v) is 2.61. The zero-order chi connectivity index (χ0) is 14.3. The van der Waals surface area contributed by atoms with Gasteiger partial charge in [0.2, 0.25) is 0 Å². The summed E-state index contributed by atoms with van der Waals surface area (Å²) in [6.45, 7) is 1.12. The number of nitrogens with zero attached hydrogens (tertiary/aromatic N) is 1. The molecule has 2 heterocycles. The second kappa shape index (κ2) is 4.66. The van der Waals surface area contributed by atoms with E-state index >= 15 is 0 Å². The van der Waals surface area contributed by atoms with E-state index in [2.05, 4.69) is 4.98 Å². The van der Waals surface area contributed by atoms with E-state index in [1.807, 2.05) is 0 Å². The molecule has 1 aliphatic rings. The summed E-state index contributed by atoms with van der Waals surface area (Å²) in [6, 6.07) is 3.31. The first-order valence-corrected chi connectivity index (χ1v) is 6.36. The Hall–Kier alpha value is -1.76. The average Bonchev–Trinajstić information content (AvgIpc) is 2.73. The molecule has 1 N–H and O–H groups in total. The molecule has 108 valence electrons. The highest BCUT2D eigenvalue weighted by Gasteiger charge is 2.31. The Morgan fingerprint density at radius 2 is 1.95 bits per heavy atom. The van der Waals surface area contributed by atoms with E-state index in [0.717, 1.165) is 12.1 Å². The van der Waals surface area contributed by atoms with Gasteiger partial charge in [0.1, 0.15) is 0 Å². The summed E-state index contributed by atoms with van der Waals surface area (Å²) in [5, 5.41) is 0. The first-order valence-electron chi connectivity index (χ1n) is 6.36. The zero-order valence-electron chi connectivity index (χ0n) is 10.5. The maximum atomic E-state index is 12.7. The first-order chi connectivity index (χ1) is 9.47. The van der Waals surface area contributed by atoms with Gasteiger partial charge in [-0.1, -0.05) is 0 Å². The van der Waals surface area contributed by atoms with Crippen molar-refractivity contribution >= 4 is 11.0 Å². The van der Waals surface area contributed by atoms with Crippen molar-refractivity contribution in [3.63, 3.8) is 0 Å². The number of alkyl halides is 3. The number of hydrogen-bond donors (Lipinski definition) is 1. The fraction of sp³-hybridized carbons (Fsp3) is 0.462. The lowest BCUT2D eigenvalue weighted by atomic mass is 10.1. The van der Waals surface area contributed by atoms with E-state index < -0.39 is 11.7 Å². The Kier molecular flexibility index (Phi) is 3.08. The SMILES string of the molecule is O=c1[nH]c2cc(C(F)(F)F)ccc2n1C1CCOCC1. The molecule has 20 heavy (non-hydrogen) atoms. The van der Waals surface area contributed by atoms with Crippen molar-refractivity contribution in [3.05, 3.63) is 34.2 Å². The largest absolute Gasteiger partial charge is 0.416 e. The second-order valence-corrected chi connectivity index (χ2v) is 4.87. The Morgan fingerprint density at radius 1 is 1.25 bits per heavy atom. The third-order valence-electron chi connectivity index (χ3n) is 3.60. The van der Waals surface area contributed by atoms with Gasteiger partial charge in [-0.25, -0.2) is 4.79 Å². The highest BCUT2D eigenvalue weighted by molar-refractivity contribution is 5.76. The number of ether oxygens (including phenoxy) is 1. The number of halogens is 3. The predicted octanol–water partition coefficient (Wildman–Crippen LogP) is 2.70. The Balaban J connectivity index is 2.10. The van der Waals surface area contributed by atoms with Crippen LogP contribution in [0.25, 0.3) is 11.0 Å². The molecule has 0 saturated carbocycles. The molecular formula is C13H13F3N2O2. The third-order valence-corrected chi connectivity index (χ3v) is 3.60. The number of imidazole rings is 1.